The molecular weight excluding hydrogens is 220 g/mol. The van der Waals surface area contributed by atoms with Crippen molar-refractivity contribution in [2.75, 3.05) is 7.05 Å². The molecule has 0 heterocycles. The van der Waals surface area contributed by atoms with Gasteiger partial charge in [0, 0.05) is 7.05 Å². The van der Waals surface area contributed by atoms with Crippen LogP contribution in [0.4, 0.5) is 4.79 Å². The molecule has 0 unspecified atom stereocenters. The standard InChI is InChI=1S/C12H22N2O3/c1-11(2,3)17-10(16)14(4)12(9(13)15)7-5-6-8-12/h5-8H2,1-4H3,(H2,13,15). The Kier molecular flexibility index (Phi) is 3.69. The third kappa shape index (κ3) is 2.90. The van der Waals surface area contributed by atoms with Gasteiger partial charge in [0.15, 0.2) is 0 Å². The fraction of sp³-hybridized carbons (Fsp3) is 0.833. The summed E-state index contributed by atoms with van der Waals surface area (Å²) in [6.45, 7) is 5.39. The van der Waals surface area contributed by atoms with Crippen molar-refractivity contribution in [3.8, 4) is 0 Å². The molecule has 2 N–H and O–H groups in total. The van der Waals surface area contributed by atoms with Gasteiger partial charge in [-0.25, -0.2) is 4.79 Å². The molecule has 1 saturated carbocycles. The summed E-state index contributed by atoms with van der Waals surface area (Å²) in [5.74, 6) is -0.441. The zero-order valence-corrected chi connectivity index (χ0v) is 11.1. The van der Waals surface area contributed by atoms with Crippen molar-refractivity contribution >= 4 is 12.0 Å². The minimum Gasteiger partial charge on any atom is -0.444 e. The van der Waals surface area contributed by atoms with Crippen molar-refractivity contribution < 1.29 is 14.3 Å². The largest absolute Gasteiger partial charge is 0.444 e. The second kappa shape index (κ2) is 4.55. The predicted molar refractivity (Wildman–Crippen MR) is 64.4 cm³/mol. The van der Waals surface area contributed by atoms with Crippen LogP contribution in [0.2, 0.25) is 0 Å². The molecule has 98 valence electrons. The van der Waals surface area contributed by atoms with Crippen LogP contribution in [-0.2, 0) is 9.53 Å². The first-order chi connectivity index (χ1) is 7.69. The molecule has 17 heavy (non-hydrogen) atoms. The highest BCUT2D eigenvalue weighted by Gasteiger charge is 2.46. The van der Waals surface area contributed by atoms with Crippen LogP contribution in [0.5, 0.6) is 0 Å². The molecule has 1 fully saturated rings. The maximum atomic E-state index is 12.0. The highest BCUT2D eigenvalue weighted by molar-refractivity contribution is 5.89. The van der Waals surface area contributed by atoms with E-state index in [0.717, 1.165) is 12.8 Å². The topological polar surface area (TPSA) is 72.6 Å². The van der Waals surface area contributed by atoms with Gasteiger partial charge in [0.2, 0.25) is 5.91 Å². The summed E-state index contributed by atoms with van der Waals surface area (Å²) < 4.78 is 5.27. The van der Waals surface area contributed by atoms with Crippen molar-refractivity contribution in [2.24, 2.45) is 5.73 Å². The van der Waals surface area contributed by atoms with Gasteiger partial charge < -0.3 is 10.5 Å². The van der Waals surface area contributed by atoms with Crippen molar-refractivity contribution in [1.29, 1.82) is 0 Å². The zero-order chi connectivity index (χ0) is 13.3. The first-order valence-corrected chi connectivity index (χ1v) is 5.96. The van der Waals surface area contributed by atoms with E-state index < -0.39 is 23.1 Å². The molecule has 0 radical (unpaired) electrons. The number of amides is 2. The maximum Gasteiger partial charge on any atom is 0.410 e. The van der Waals surface area contributed by atoms with E-state index in [0.29, 0.717) is 12.8 Å². The molecule has 0 aromatic heterocycles. The first-order valence-electron chi connectivity index (χ1n) is 5.96. The molecule has 0 aliphatic heterocycles. The van der Waals surface area contributed by atoms with Gasteiger partial charge in [0.1, 0.15) is 11.1 Å². The van der Waals surface area contributed by atoms with E-state index in [1.807, 2.05) is 0 Å². The number of rotatable bonds is 2. The molecule has 1 rings (SSSR count). The van der Waals surface area contributed by atoms with E-state index in [1.54, 1.807) is 27.8 Å². The number of nitrogens with zero attached hydrogens (tertiary/aromatic N) is 1. The maximum absolute atomic E-state index is 12.0. The zero-order valence-electron chi connectivity index (χ0n) is 11.1. The van der Waals surface area contributed by atoms with E-state index in [1.165, 1.54) is 4.90 Å². The molecule has 0 aromatic carbocycles. The van der Waals surface area contributed by atoms with E-state index in [4.69, 9.17) is 10.5 Å². The quantitative estimate of drug-likeness (QED) is 0.800. The number of primary amides is 1. The van der Waals surface area contributed by atoms with E-state index in [-0.39, 0.29) is 0 Å². The van der Waals surface area contributed by atoms with Crippen molar-refractivity contribution in [1.82, 2.24) is 4.90 Å². The van der Waals surface area contributed by atoms with Crippen LogP contribution < -0.4 is 5.73 Å². The third-order valence-electron chi connectivity index (χ3n) is 3.20. The van der Waals surface area contributed by atoms with Gasteiger partial charge in [-0.05, 0) is 33.6 Å². The van der Waals surface area contributed by atoms with Crippen LogP contribution >= 0.6 is 0 Å². The number of carbonyl (C=O) groups is 2. The van der Waals surface area contributed by atoms with Gasteiger partial charge in [-0.1, -0.05) is 12.8 Å². The van der Waals surface area contributed by atoms with Gasteiger partial charge >= 0.3 is 6.09 Å². The lowest BCUT2D eigenvalue weighted by molar-refractivity contribution is -0.129. The van der Waals surface area contributed by atoms with Crippen LogP contribution in [0.25, 0.3) is 0 Å². The number of ether oxygens (including phenoxy) is 1. The summed E-state index contributed by atoms with van der Waals surface area (Å²) in [6.07, 6.45) is 2.58. The van der Waals surface area contributed by atoms with Gasteiger partial charge in [-0.3, -0.25) is 9.69 Å². The number of likely N-dealkylation sites (N-methyl/N-ethyl adjacent to an activating group) is 1. The van der Waals surface area contributed by atoms with Crippen molar-refractivity contribution in [3.63, 3.8) is 0 Å². The highest BCUT2D eigenvalue weighted by Crippen LogP contribution is 2.35. The number of hydrogen-bond donors (Lipinski definition) is 1. The Labute approximate surface area is 102 Å². The fourth-order valence-electron chi connectivity index (χ4n) is 2.21. The summed E-state index contributed by atoms with van der Waals surface area (Å²) >= 11 is 0. The van der Waals surface area contributed by atoms with Crippen LogP contribution in [-0.4, -0.2) is 35.1 Å². The molecule has 5 heteroatoms. The average Bonchev–Trinajstić information content (AvgIpc) is 2.63. The van der Waals surface area contributed by atoms with Gasteiger partial charge in [0.25, 0.3) is 0 Å². The van der Waals surface area contributed by atoms with Crippen LogP contribution in [0.3, 0.4) is 0 Å². The fourth-order valence-corrected chi connectivity index (χ4v) is 2.21. The first kappa shape index (κ1) is 13.8. The minimum absolute atomic E-state index is 0.441. The summed E-state index contributed by atoms with van der Waals surface area (Å²) in [7, 11) is 1.59. The second-order valence-electron chi connectivity index (χ2n) is 5.64. The Morgan fingerprint density at radius 3 is 2.06 bits per heavy atom. The van der Waals surface area contributed by atoms with Crippen LogP contribution in [0, 0.1) is 0 Å². The molecule has 0 atom stereocenters. The summed E-state index contributed by atoms with van der Waals surface area (Å²) in [6, 6.07) is 0. The van der Waals surface area contributed by atoms with Gasteiger partial charge in [-0.2, -0.15) is 0 Å². The molecule has 2 amide bonds. The Morgan fingerprint density at radius 2 is 1.71 bits per heavy atom. The molecular formula is C12H22N2O3. The molecule has 0 saturated heterocycles. The number of nitrogens with two attached hydrogens (primary N) is 1. The summed E-state index contributed by atoms with van der Waals surface area (Å²) in [4.78, 5) is 24.9. The molecule has 0 bridgehead atoms. The van der Waals surface area contributed by atoms with Crippen molar-refractivity contribution in [2.45, 2.75) is 57.6 Å². The van der Waals surface area contributed by atoms with Gasteiger partial charge in [0.05, 0.1) is 0 Å². The third-order valence-corrected chi connectivity index (χ3v) is 3.20. The normalized spacial score (nSPS) is 18.8. The Bertz CT molecular complexity index is 314. The smallest absolute Gasteiger partial charge is 0.410 e. The Morgan fingerprint density at radius 1 is 1.24 bits per heavy atom. The predicted octanol–water partition coefficient (Wildman–Crippen LogP) is 1.65. The monoisotopic (exact) mass is 242 g/mol. The Balaban J connectivity index is 2.83. The number of hydrogen-bond acceptors (Lipinski definition) is 3. The van der Waals surface area contributed by atoms with E-state index in [2.05, 4.69) is 0 Å². The molecule has 5 nitrogen and oxygen atoms in total. The highest BCUT2D eigenvalue weighted by atomic mass is 16.6. The lowest BCUT2D eigenvalue weighted by Gasteiger charge is -2.36. The molecule has 0 aromatic rings. The van der Waals surface area contributed by atoms with Crippen LogP contribution in [0.1, 0.15) is 46.5 Å². The molecule has 1 aliphatic rings. The van der Waals surface area contributed by atoms with Crippen molar-refractivity contribution in [3.05, 3.63) is 0 Å². The molecule has 0 spiro atoms. The second-order valence-corrected chi connectivity index (χ2v) is 5.64. The lowest BCUT2D eigenvalue weighted by atomic mass is 9.95. The summed E-state index contributed by atoms with van der Waals surface area (Å²) in [5.41, 5.74) is 4.02. The average molecular weight is 242 g/mol. The van der Waals surface area contributed by atoms with E-state index in [9.17, 15) is 9.59 Å². The van der Waals surface area contributed by atoms with E-state index >= 15 is 0 Å². The summed E-state index contributed by atoms with van der Waals surface area (Å²) in [5, 5.41) is 0. The Hall–Kier alpha value is -1.26. The minimum atomic E-state index is -0.859. The van der Waals surface area contributed by atoms with Crippen LogP contribution in [0.15, 0.2) is 0 Å². The SMILES string of the molecule is CN(C(=O)OC(C)(C)C)C1(C(N)=O)CCCC1. The van der Waals surface area contributed by atoms with Gasteiger partial charge in [-0.15, -0.1) is 0 Å². The molecule has 1 aliphatic carbocycles. The lowest BCUT2D eigenvalue weighted by Crippen LogP contribution is -2.57. The number of carbonyl (C=O) groups excluding carboxylic acids is 2.